The van der Waals surface area contributed by atoms with E-state index in [1.165, 1.54) is 10.6 Å². The molecular formula is C29H35N3O6S. The Morgan fingerprint density at radius 1 is 0.949 bits per heavy atom. The first-order chi connectivity index (χ1) is 18.5. The molecule has 208 valence electrons. The molecule has 0 radical (unpaired) electrons. The van der Waals surface area contributed by atoms with Gasteiger partial charge in [-0.2, -0.15) is 8.42 Å². The Morgan fingerprint density at radius 2 is 1.67 bits per heavy atom. The summed E-state index contributed by atoms with van der Waals surface area (Å²) in [7, 11) is -2.52. The number of aromatic nitrogens is 2. The number of nitrogens with zero attached hydrogens (tertiary/aromatic N) is 2. The van der Waals surface area contributed by atoms with Crippen molar-refractivity contribution in [3.63, 3.8) is 0 Å². The number of aryl methyl sites for hydroxylation is 3. The molecule has 2 amide bonds. The Kier molecular flexibility index (Phi) is 7.52. The number of hydrogen-bond donors (Lipinski definition) is 2. The van der Waals surface area contributed by atoms with Crippen molar-refractivity contribution < 1.29 is 22.6 Å². The Hall–Kier alpha value is -3.24. The van der Waals surface area contributed by atoms with Gasteiger partial charge in [0, 0.05) is 13.5 Å². The van der Waals surface area contributed by atoms with Crippen LogP contribution in [0.2, 0.25) is 0 Å². The fraction of sp³-hybridized carbons (Fsp3) is 0.483. The smallest absolute Gasteiger partial charge is 0.295 e. The predicted molar refractivity (Wildman–Crippen MR) is 147 cm³/mol. The first kappa shape index (κ1) is 27.3. The second-order valence-corrected chi connectivity index (χ2v) is 12.6. The Balaban J connectivity index is 1.22. The van der Waals surface area contributed by atoms with Crippen LogP contribution in [0.15, 0.2) is 46.1 Å². The Morgan fingerprint density at radius 3 is 2.36 bits per heavy atom. The van der Waals surface area contributed by atoms with E-state index in [4.69, 9.17) is 0 Å². The van der Waals surface area contributed by atoms with Crippen molar-refractivity contribution in [3.05, 3.63) is 63.6 Å². The van der Waals surface area contributed by atoms with Crippen LogP contribution in [0.5, 0.6) is 0 Å². The molecule has 2 N–H and O–H groups in total. The average Bonchev–Trinajstić information content (AvgIpc) is 3.12. The van der Waals surface area contributed by atoms with Crippen LogP contribution in [-0.2, 0) is 39.6 Å². The van der Waals surface area contributed by atoms with E-state index in [0.29, 0.717) is 35.8 Å². The molecule has 0 bridgehead atoms. The SMILES string of the molecule is Cc1ccc(S(=O)(=O)O)c(CCC2CCC(Cc3ccc4c(c3)n(C)c(=O)n4C3CCC(=O)NC3=O)CC2)c1. The highest BCUT2D eigenvalue weighted by molar-refractivity contribution is 7.85. The van der Waals surface area contributed by atoms with E-state index >= 15 is 0 Å². The quantitative estimate of drug-likeness (QED) is 0.338. The summed E-state index contributed by atoms with van der Waals surface area (Å²) in [5, 5.41) is 2.34. The van der Waals surface area contributed by atoms with E-state index in [0.717, 1.165) is 55.2 Å². The molecule has 1 saturated heterocycles. The molecule has 2 fully saturated rings. The van der Waals surface area contributed by atoms with Crippen LogP contribution in [0.25, 0.3) is 11.0 Å². The minimum Gasteiger partial charge on any atom is -0.295 e. The van der Waals surface area contributed by atoms with Crippen molar-refractivity contribution in [2.45, 2.75) is 75.6 Å². The average molecular weight is 554 g/mol. The van der Waals surface area contributed by atoms with Crippen LogP contribution in [0.4, 0.5) is 0 Å². The van der Waals surface area contributed by atoms with E-state index in [1.807, 2.05) is 31.2 Å². The minimum absolute atomic E-state index is 0.0121. The van der Waals surface area contributed by atoms with Gasteiger partial charge in [-0.3, -0.25) is 28.6 Å². The molecule has 2 heterocycles. The van der Waals surface area contributed by atoms with Crippen molar-refractivity contribution in [2.75, 3.05) is 0 Å². The molecule has 39 heavy (non-hydrogen) atoms. The number of nitrogens with one attached hydrogen (secondary N) is 1. The number of rotatable bonds is 7. The molecule has 1 aliphatic carbocycles. The van der Waals surface area contributed by atoms with E-state index in [-0.39, 0.29) is 22.9 Å². The molecule has 1 aromatic heterocycles. The monoisotopic (exact) mass is 553 g/mol. The van der Waals surface area contributed by atoms with E-state index in [9.17, 15) is 27.4 Å². The maximum atomic E-state index is 13.0. The van der Waals surface area contributed by atoms with E-state index in [2.05, 4.69) is 5.32 Å². The third kappa shape index (κ3) is 5.72. The molecule has 2 aliphatic rings. The lowest BCUT2D eigenvalue weighted by Crippen LogP contribution is -2.44. The van der Waals surface area contributed by atoms with Crippen LogP contribution in [0, 0.1) is 18.8 Å². The normalized spacial score (nSPS) is 22.3. The number of carbonyl (C=O) groups is 2. The van der Waals surface area contributed by atoms with Gasteiger partial charge in [-0.1, -0.05) is 36.6 Å². The number of imide groups is 1. The molecule has 2 aromatic carbocycles. The highest BCUT2D eigenvalue weighted by atomic mass is 32.2. The molecule has 1 aliphatic heterocycles. The standard InChI is InChI=1S/C29H35N3O6S/c1-18-3-13-26(39(36,37)38)22(15-18)10-8-19-4-6-20(7-5-19)16-21-9-11-23-25(17-21)31(2)29(35)32(23)24-12-14-27(33)30-28(24)34/h3,9,11,13,15,17,19-20,24H,4-8,10,12,14,16H2,1-2H3,(H,30,33,34)(H,36,37,38). The summed E-state index contributed by atoms with van der Waals surface area (Å²) < 4.78 is 36.2. The zero-order valence-electron chi connectivity index (χ0n) is 22.4. The number of imidazole rings is 1. The zero-order chi connectivity index (χ0) is 27.9. The molecular weight excluding hydrogens is 518 g/mol. The second-order valence-electron chi connectivity index (χ2n) is 11.2. The van der Waals surface area contributed by atoms with Gasteiger partial charge >= 0.3 is 5.69 Å². The molecule has 9 nitrogen and oxygen atoms in total. The van der Waals surface area contributed by atoms with Crippen molar-refractivity contribution >= 4 is 33.0 Å². The first-order valence-corrected chi connectivity index (χ1v) is 15.1. The van der Waals surface area contributed by atoms with Crippen LogP contribution >= 0.6 is 0 Å². The molecule has 1 unspecified atom stereocenters. The van der Waals surface area contributed by atoms with Gasteiger partial charge in [0.1, 0.15) is 6.04 Å². The van der Waals surface area contributed by atoms with Gasteiger partial charge in [-0.05, 0) is 86.6 Å². The third-order valence-corrected chi connectivity index (χ3v) is 9.44. The largest absolute Gasteiger partial charge is 0.329 e. The van der Waals surface area contributed by atoms with Gasteiger partial charge in [0.15, 0.2) is 0 Å². The van der Waals surface area contributed by atoms with Crippen molar-refractivity contribution in [2.24, 2.45) is 18.9 Å². The van der Waals surface area contributed by atoms with Crippen LogP contribution < -0.4 is 11.0 Å². The number of carbonyl (C=O) groups excluding carboxylic acids is 2. The number of amides is 2. The maximum absolute atomic E-state index is 13.0. The van der Waals surface area contributed by atoms with Crippen molar-refractivity contribution in [1.82, 2.24) is 14.5 Å². The summed E-state index contributed by atoms with van der Waals surface area (Å²) in [6.45, 7) is 1.92. The topological polar surface area (TPSA) is 127 Å². The highest BCUT2D eigenvalue weighted by Crippen LogP contribution is 2.35. The summed E-state index contributed by atoms with van der Waals surface area (Å²) in [4.78, 5) is 37.0. The molecule has 1 atom stereocenters. The van der Waals surface area contributed by atoms with Gasteiger partial charge in [0.2, 0.25) is 11.8 Å². The first-order valence-electron chi connectivity index (χ1n) is 13.6. The van der Waals surface area contributed by atoms with Gasteiger partial charge < -0.3 is 0 Å². The van der Waals surface area contributed by atoms with Crippen molar-refractivity contribution in [3.8, 4) is 0 Å². The Labute approximate surface area is 228 Å². The number of piperidine rings is 1. The summed E-state index contributed by atoms with van der Waals surface area (Å²) in [5.74, 6) is 0.306. The molecule has 1 saturated carbocycles. The van der Waals surface area contributed by atoms with Crippen LogP contribution in [0.3, 0.4) is 0 Å². The molecule has 0 spiro atoms. The fourth-order valence-corrected chi connectivity index (χ4v) is 7.07. The highest BCUT2D eigenvalue weighted by Gasteiger charge is 2.31. The van der Waals surface area contributed by atoms with Crippen LogP contribution in [0.1, 0.15) is 67.7 Å². The zero-order valence-corrected chi connectivity index (χ0v) is 23.2. The maximum Gasteiger partial charge on any atom is 0.329 e. The predicted octanol–water partition coefficient (Wildman–Crippen LogP) is 3.85. The van der Waals surface area contributed by atoms with E-state index in [1.54, 1.807) is 17.7 Å². The van der Waals surface area contributed by atoms with E-state index < -0.39 is 22.1 Å². The lowest BCUT2D eigenvalue weighted by Gasteiger charge is -2.29. The van der Waals surface area contributed by atoms with Gasteiger partial charge in [-0.15, -0.1) is 0 Å². The number of fused-ring (bicyclic) bond motifs is 1. The number of benzene rings is 2. The lowest BCUT2D eigenvalue weighted by molar-refractivity contribution is -0.135. The van der Waals surface area contributed by atoms with Crippen molar-refractivity contribution in [1.29, 1.82) is 0 Å². The number of hydrogen-bond acceptors (Lipinski definition) is 5. The minimum atomic E-state index is -4.23. The van der Waals surface area contributed by atoms with Gasteiger partial charge in [0.05, 0.1) is 15.9 Å². The molecule has 10 heteroatoms. The summed E-state index contributed by atoms with van der Waals surface area (Å²) in [6.07, 6.45) is 7.26. The summed E-state index contributed by atoms with van der Waals surface area (Å²) in [6, 6.07) is 10.3. The lowest BCUT2D eigenvalue weighted by atomic mass is 9.77. The van der Waals surface area contributed by atoms with Crippen LogP contribution in [-0.4, -0.2) is 33.9 Å². The second kappa shape index (κ2) is 10.7. The summed E-state index contributed by atoms with van der Waals surface area (Å²) >= 11 is 0. The summed E-state index contributed by atoms with van der Waals surface area (Å²) in [5.41, 5.74) is 4.03. The fourth-order valence-electron chi connectivity index (χ4n) is 6.34. The Bertz CT molecular complexity index is 1590. The molecule has 3 aromatic rings. The molecule has 5 rings (SSSR count). The van der Waals surface area contributed by atoms with Gasteiger partial charge in [-0.25, -0.2) is 4.79 Å². The van der Waals surface area contributed by atoms with Gasteiger partial charge in [0.25, 0.3) is 10.1 Å². The third-order valence-electron chi connectivity index (χ3n) is 8.48.